The maximum atomic E-state index is 5.53. The number of nitrogens with two attached hydrogens (primary N) is 1. The molecule has 0 spiro atoms. The number of hydrogen-bond acceptors (Lipinski definition) is 3. The number of anilines is 1. The van der Waals surface area contributed by atoms with E-state index < -0.39 is 0 Å². The van der Waals surface area contributed by atoms with Crippen LogP contribution in [0.2, 0.25) is 0 Å². The van der Waals surface area contributed by atoms with Gasteiger partial charge in [0.05, 0.1) is 24.5 Å². The first-order valence-electron chi connectivity index (χ1n) is 4.24. The lowest BCUT2D eigenvalue weighted by molar-refractivity contribution is 0.0940. The number of aromatic nitrogens is 2. The van der Waals surface area contributed by atoms with E-state index in [2.05, 4.69) is 5.10 Å². The molecule has 0 aromatic carbocycles. The highest BCUT2D eigenvalue weighted by Gasteiger charge is 2.15. The molecular weight excluding hydrogens is 154 g/mol. The molecule has 1 aliphatic rings. The predicted octanol–water partition coefficient (Wildman–Crippen LogP) is 0.644. The average Bonchev–Trinajstić information content (AvgIpc) is 2.63. The zero-order valence-corrected chi connectivity index (χ0v) is 6.94. The third kappa shape index (κ3) is 1.58. The third-order valence-electron chi connectivity index (χ3n) is 2.07. The Balaban J connectivity index is 1.94. The molecule has 66 valence electrons. The Labute approximate surface area is 71.3 Å². The van der Waals surface area contributed by atoms with Crippen LogP contribution in [0.4, 0.5) is 5.69 Å². The molecule has 0 aliphatic carbocycles. The minimum Gasteiger partial charge on any atom is -0.396 e. The Morgan fingerprint density at radius 2 is 2.67 bits per heavy atom. The molecule has 1 aliphatic heterocycles. The van der Waals surface area contributed by atoms with Crippen LogP contribution in [0.1, 0.15) is 12.8 Å². The van der Waals surface area contributed by atoms with Gasteiger partial charge >= 0.3 is 0 Å². The van der Waals surface area contributed by atoms with Crippen molar-refractivity contribution < 1.29 is 4.74 Å². The van der Waals surface area contributed by atoms with Crippen LogP contribution in [0.25, 0.3) is 0 Å². The lowest BCUT2D eigenvalue weighted by atomic mass is 10.2. The van der Waals surface area contributed by atoms with Crippen molar-refractivity contribution in [1.29, 1.82) is 0 Å². The first-order valence-corrected chi connectivity index (χ1v) is 4.24. The number of nitrogen functional groups attached to an aromatic ring is 1. The van der Waals surface area contributed by atoms with Gasteiger partial charge in [0.25, 0.3) is 0 Å². The highest BCUT2D eigenvalue weighted by molar-refractivity contribution is 5.30. The van der Waals surface area contributed by atoms with Crippen molar-refractivity contribution in [1.82, 2.24) is 9.78 Å². The quantitative estimate of drug-likeness (QED) is 0.703. The van der Waals surface area contributed by atoms with E-state index in [1.54, 1.807) is 6.20 Å². The first-order chi connectivity index (χ1) is 5.84. The summed E-state index contributed by atoms with van der Waals surface area (Å²) in [7, 11) is 0. The zero-order valence-electron chi connectivity index (χ0n) is 6.94. The monoisotopic (exact) mass is 167 g/mol. The van der Waals surface area contributed by atoms with Crippen LogP contribution >= 0.6 is 0 Å². The Bertz CT molecular complexity index is 253. The van der Waals surface area contributed by atoms with E-state index in [4.69, 9.17) is 10.5 Å². The Morgan fingerprint density at radius 3 is 3.25 bits per heavy atom. The SMILES string of the molecule is Nc1cnn(C[C@@H]2CCCO2)c1. The number of rotatable bonds is 2. The summed E-state index contributed by atoms with van der Waals surface area (Å²) in [6.07, 6.45) is 6.14. The molecule has 4 nitrogen and oxygen atoms in total. The van der Waals surface area contributed by atoms with Crippen molar-refractivity contribution in [2.45, 2.75) is 25.5 Å². The molecule has 1 fully saturated rings. The van der Waals surface area contributed by atoms with Gasteiger partial charge in [0, 0.05) is 12.8 Å². The fourth-order valence-corrected chi connectivity index (χ4v) is 1.48. The summed E-state index contributed by atoms with van der Waals surface area (Å²) < 4.78 is 7.30. The molecule has 0 radical (unpaired) electrons. The molecule has 0 saturated carbocycles. The molecule has 2 heterocycles. The molecule has 1 saturated heterocycles. The largest absolute Gasteiger partial charge is 0.396 e. The van der Waals surface area contributed by atoms with Crippen molar-refractivity contribution in [2.75, 3.05) is 12.3 Å². The molecule has 4 heteroatoms. The average molecular weight is 167 g/mol. The number of ether oxygens (including phenoxy) is 1. The lowest BCUT2D eigenvalue weighted by Crippen LogP contribution is -2.15. The molecule has 0 amide bonds. The van der Waals surface area contributed by atoms with Gasteiger partial charge in [-0.15, -0.1) is 0 Å². The summed E-state index contributed by atoms with van der Waals surface area (Å²) in [4.78, 5) is 0. The van der Waals surface area contributed by atoms with Gasteiger partial charge < -0.3 is 10.5 Å². The van der Waals surface area contributed by atoms with Gasteiger partial charge in [0.15, 0.2) is 0 Å². The molecule has 1 atom stereocenters. The maximum Gasteiger partial charge on any atom is 0.0771 e. The van der Waals surface area contributed by atoms with Gasteiger partial charge in [0.2, 0.25) is 0 Å². The predicted molar refractivity (Wildman–Crippen MR) is 45.6 cm³/mol. The Morgan fingerprint density at radius 1 is 1.75 bits per heavy atom. The van der Waals surface area contributed by atoms with Gasteiger partial charge in [-0.2, -0.15) is 5.10 Å². The summed E-state index contributed by atoms with van der Waals surface area (Å²) in [5.41, 5.74) is 6.24. The Kier molecular flexibility index (Phi) is 1.99. The van der Waals surface area contributed by atoms with Gasteiger partial charge in [-0.05, 0) is 12.8 Å². The van der Waals surface area contributed by atoms with Crippen LogP contribution in [0.15, 0.2) is 12.4 Å². The smallest absolute Gasteiger partial charge is 0.0771 e. The second-order valence-corrected chi connectivity index (χ2v) is 3.13. The van der Waals surface area contributed by atoms with Gasteiger partial charge in [-0.3, -0.25) is 4.68 Å². The molecule has 2 rings (SSSR count). The standard InChI is InChI=1S/C8H13N3O/c9-7-4-10-11(5-7)6-8-2-1-3-12-8/h4-5,8H,1-3,6,9H2/t8-/m0/s1. The molecule has 1 aromatic heterocycles. The summed E-state index contributed by atoms with van der Waals surface area (Å²) in [6.45, 7) is 1.72. The number of hydrogen-bond donors (Lipinski definition) is 1. The van der Waals surface area contributed by atoms with E-state index in [-0.39, 0.29) is 0 Å². The van der Waals surface area contributed by atoms with Crippen molar-refractivity contribution in [2.24, 2.45) is 0 Å². The second kappa shape index (κ2) is 3.15. The second-order valence-electron chi connectivity index (χ2n) is 3.13. The molecule has 0 bridgehead atoms. The summed E-state index contributed by atoms with van der Waals surface area (Å²) in [5.74, 6) is 0. The van der Waals surface area contributed by atoms with E-state index in [1.807, 2.05) is 10.9 Å². The van der Waals surface area contributed by atoms with E-state index in [0.29, 0.717) is 11.8 Å². The van der Waals surface area contributed by atoms with Crippen LogP contribution in [-0.2, 0) is 11.3 Å². The summed E-state index contributed by atoms with van der Waals surface area (Å²) >= 11 is 0. The fraction of sp³-hybridized carbons (Fsp3) is 0.625. The topological polar surface area (TPSA) is 53.1 Å². The van der Waals surface area contributed by atoms with Gasteiger partial charge in [-0.25, -0.2) is 0 Å². The summed E-state index contributed by atoms with van der Waals surface area (Å²) in [6, 6.07) is 0. The third-order valence-corrected chi connectivity index (χ3v) is 2.07. The van der Waals surface area contributed by atoms with Crippen LogP contribution in [0.5, 0.6) is 0 Å². The molecule has 0 unspecified atom stereocenters. The van der Waals surface area contributed by atoms with Gasteiger partial charge in [0.1, 0.15) is 0 Å². The van der Waals surface area contributed by atoms with Crippen LogP contribution < -0.4 is 5.73 Å². The Hall–Kier alpha value is -1.03. The summed E-state index contributed by atoms with van der Waals surface area (Å²) in [5, 5.41) is 4.09. The zero-order chi connectivity index (χ0) is 8.39. The molecule has 2 N–H and O–H groups in total. The molecule has 12 heavy (non-hydrogen) atoms. The highest BCUT2D eigenvalue weighted by atomic mass is 16.5. The van der Waals surface area contributed by atoms with E-state index in [9.17, 15) is 0 Å². The first kappa shape index (κ1) is 7.61. The number of nitrogens with zero attached hydrogens (tertiary/aromatic N) is 2. The molecule has 1 aromatic rings. The van der Waals surface area contributed by atoms with Gasteiger partial charge in [-0.1, -0.05) is 0 Å². The fourth-order valence-electron chi connectivity index (χ4n) is 1.48. The molecular formula is C8H13N3O. The van der Waals surface area contributed by atoms with Crippen LogP contribution in [0.3, 0.4) is 0 Å². The van der Waals surface area contributed by atoms with Crippen molar-refractivity contribution in [3.8, 4) is 0 Å². The lowest BCUT2D eigenvalue weighted by Gasteiger charge is -2.08. The highest BCUT2D eigenvalue weighted by Crippen LogP contribution is 2.13. The van der Waals surface area contributed by atoms with E-state index in [0.717, 1.165) is 19.6 Å². The van der Waals surface area contributed by atoms with E-state index >= 15 is 0 Å². The normalized spacial score (nSPS) is 23.2. The van der Waals surface area contributed by atoms with Crippen molar-refractivity contribution >= 4 is 5.69 Å². The minimum absolute atomic E-state index is 0.337. The van der Waals surface area contributed by atoms with Crippen LogP contribution in [-0.4, -0.2) is 22.5 Å². The maximum absolute atomic E-state index is 5.53. The van der Waals surface area contributed by atoms with Crippen molar-refractivity contribution in [3.63, 3.8) is 0 Å². The minimum atomic E-state index is 0.337. The van der Waals surface area contributed by atoms with Crippen molar-refractivity contribution in [3.05, 3.63) is 12.4 Å². The van der Waals surface area contributed by atoms with E-state index in [1.165, 1.54) is 6.42 Å². The van der Waals surface area contributed by atoms with Crippen LogP contribution in [0, 0.1) is 0 Å².